The lowest BCUT2D eigenvalue weighted by Gasteiger charge is -2.66. The molecule has 50 heavy (non-hydrogen) atoms. The lowest BCUT2D eigenvalue weighted by atomic mass is 9.45. The van der Waals surface area contributed by atoms with Gasteiger partial charge in [0.2, 0.25) is 0 Å². The van der Waals surface area contributed by atoms with Crippen molar-refractivity contribution in [3.05, 3.63) is 0 Å². The van der Waals surface area contributed by atoms with Crippen LogP contribution in [0.3, 0.4) is 0 Å². The molecule has 10 rings (SSSR count). The normalized spacial score (nSPS) is 48.8. The Bertz CT molecular complexity index is 1020. The van der Waals surface area contributed by atoms with Gasteiger partial charge in [-0.2, -0.15) is 0 Å². The third kappa shape index (κ3) is 6.45. The van der Waals surface area contributed by atoms with E-state index >= 15 is 0 Å². The molecule has 0 bridgehead atoms. The molecule has 0 N–H and O–H groups in total. The minimum absolute atomic E-state index is 0.934. The van der Waals surface area contributed by atoms with E-state index in [9.17, 15) is 0 Å². The first-order valence-corrected chi connectivity index (χ1v) is 24.3. The zero-order chi connectivity index (χ0) is 33.0. The third-order valence-electron chi connectivity index (χ3n) is 19.4. The van der Waals surface area contributed by atoms with Crippen LogP contribution >= 0.6 is 0 Å². The first-order chi connectivity index (χ1) is 24.8. The molecule has 0 saturated heterocycles. The zero-order valence-electron chi connectivity index (χ0n) is 32.8. The molecule has 2 nitrogen and oxygen atoms in total. The maximum Gasteiger partial charge on any atom is 0.0135 e. The van der Waals surface area contributed by atoms with Gasteiger partial charge in [0.05, 0.1) is 0 Å². The second-order valence-electron chi connectivity index (χ2n) is 21.5. The van der Waals surface area contributed by atoms with Crippen molar-refractivity contribution < 1.29 is 0 Å². The summed E-state index contributed by atoms with van der Waals surface area (Å²) >= 11 is 0. The summed E-state index contributed by atoms with van der Waals surface area (Å²) in [5.41, 5.74) is 0. The van der Waals surface area contributed by atoms with Gasteiger partial charge in [0.1, 0.15) is 0 Å². The van der Waals surface area contributed by atoms with Crippen molar-refractivity contribution >= 4 is 0 Å². The number of fused-ring (bicyclic) bond motifs is 2. The van der Waals surface area contributed by atoms with Crippen molar-refractivity contribution in [2.45, 2.75) is 242 Å². The Labute approximate surface area is 309 Å². The van der Waals surface area contributed by atoms with Crippen LogP contribution in [0.15, 0.2) is 0 Å². The van der Waals surface area contributed by atoms with Crippen molar-refractivity contribution in [1.29, 1.82) is 0 Å². The molecule has 2 heteroatoms. The van der Waals surface area contributed by atoms with Gasteiger partial charge < -0.3 is 0 Å². The minimum atomic E-state index is 0.934. The van der Waals surface area contributed by atoms with E-state index in [1.54, 1.807) is 154 Å². The maximum absolute atomic E-state index is 3.46. The van der Waals surface area contributed by atoms with Gasteiger partial charge in [-0.05, 0) is 149 Å². The van der Waals surface area contributed by atoms with Crippen molar-refractivity contribution in [2.24, 2.45) is 59.2 Å². The molecule has 0 aliphatic heterocycles. The van der Waals surface area contributed by atoms with E-state index in [-0.39, 0.29) is 0 Å². The van der Waals surface area contributed by atoms with E-state index < -0.39 is 0 Å². The number of hydrogen-bond donors (Lipinski definition) is 0. The highest BCUT2D eigenvalue weighted by atomic mass is 15.2. The second-order valence-corrected chi connectivity index (χ2v) is 21.5. The van der Waals surface area contributed by atoms with Crippen LogP contribution in [0.2, 0.25) is 0 Å². The average Bonchev–Trinajstić information content (AvgIpc) is 3.18. The Hall–Kier alpha value is -0.0800. The van der Waals surface area contributed by atoms with Crippen molar-refractivity contribution in [2.75, 3.05) is 0 Å². The average molecular weight is 685 g/mol. The number of hydrogen-bond acceptors (Lipinski definition) is 2. The molecule has 14 atom stereocenters. The molecule has 0 aromatic heterocycles. The van der Waals surface area contributed by atoms with Crippen LogP contribution in [-0.2, 0) is 0 Å². The highest BCUT2D eigenvalue weighted by molar-refractivity contribution is 5.11. The van der Waals surface area contributed by atoms with Crippen LogP contribution in [-0.4, -0.2) is 46.1 Å². The standard InChI is InChI=1S/C48H80N2/c1-3-19-39(20-4-1)49(41-27-25-33-13-7-9-15-35(33)29-41)45-31-37-17-12-24-44-46(32-38-18-11-23-43(45)47(38)48(37)44)50(40-21-5-2-6-22-40)42-28-26-34-14-8-10-16-36(34)30-42/h33-48H,1-32H2. The van der Waals surface area contributed by atoms with Crippen molar-refractivity contribution in [3.8, 4) is 0 Å². The molecule has 10 aliphatic carbocycles. The van der Waals surface area contributed by atoms with Crippen LogP contribution in [0.25, 0.3) is 0 Å². The summed E-state index contributed by atoms with van der Waals surface area (Å²) in [7, 11) is 0. The first kappa shape index (κ1) is 34.4. The summed E-state index contributed by atoms with van der Waals surface area (Å²) in [6.07, 6.45) is 50.0. The van der Waals surface area contributed by atoms with Crippen molar-refractivity contribution in [1.82, 2.24) is 9.80 Å². The SMILES string of the molecule is C1CCC(N(C2CCC3CCCCC3C2)C2CC3CCCC4C3C3C(CCCC32)CC4N(C2CCCCC2)C2CCC3CCCCC3C2)CC1. The predicted molar refractivity (Wildman–Crippen MR) is 209 cm³/mol. The minimum Gasteiger partial charge on any atom is -0.294 e. The Morgan fingerprint density at radius 2 is 0.620 bits per heavy atom. The summed E-state index contributed by atoms with van der Waals surface area (Å²) in [4.78, 5) is 6.92. The topological polar surface area (TPSA) is 6.48 Å². The Kier molecular flexibility index (Phi) is 10.5. The van der Waals surface area contributed by atoms with E-state index in [0.29, 0.717) is 0 Å². The molecule has 0 aromatic carbocycles. The Morgan fingerprint density at radius 1 is 0.240 bits per heavy atom. The largest absolute Gasteiger partial charge is 0.294 e. The highest BCUT2D eigenvalue weighted by Crippen LogP contribution is 2.63. The molecule has 0 heterocycles. The first-order valence-electron chi connectivity index (χ1n) is 24.3. The fourth-order valence-electron chi connectivity index (χ4n) is 17.7. The van der Waals surface area contributed by atoms with Crippen LogP contribution in [0.5, 0.6) is 0 Å². The van der Waals surface area contributed by atoms with Gasteiger partial charge in [0.25, 0.3) is 0 Å². The van der Waals surface area contributed by atoms with Gasteiger partial charge in [0.15, 0.2) is 0 Å². The van der Waals surface area contributed by atoms with Gasteiger partial charge in [-0.1, -0.05) is 116 Å². The molecule has 0 amide bonds. The van der Waals surface area contributed by atoms with Crippen molar-refractivity contribution in [3.63, 3.8) is 0 Å². The van der Waals surface area contributed by atoms with Crippen LogP contribution in [0, 0.1) is 59.2 Å². The highest BCUT2D eigenvalue weighted by Gasteiger charge is 2.60. The fourth-order valence-corrected chi connectivity index (χ4v) is 17.7. The Balaban J connectivity index is 0.950. The molecule has 10 aliphatic rings. The molecule has 0 aromatic rings. The number of nitrogens with zero attached hydrogens (tertiary/aromatic N) is 2. The summed E-state index contributed by atoms with van der Waals surface area (Å²) in [6.45, 7) is 0. The second kappa shape index (κ2) is 15.2. The van der Waals surface area contributed by atoms with Crippen LogP contribution in [0.1, 0.15) is 205 Å². The molecular formula is C48H80N2. The van der Waals surface area contributed by atoms with Gasteiger partial charge in [0, 0.05) is 36.3 Å². The van der Waals surface area contributed by atoms with Crippen LogP contribution < -0.4 is 0 Å². The zero-order valence-corrected chi connectivity index (χ0v) is 32.8. The molecule has 0 radical (unpaired) electrons. The Morgan fingerprint density at radius 3 is 1.06 bits per heavy atom. The van der Waals surface area contributed by atoms with Crippen LogP contribution in [0.4, 0.5) is 0 Å². The predicted octanol–water partition coefficient (Wildman–Crippen LogP) is 12.6. The van der Waals surface area contributed by atoms with Gasteiger partial charge in [-0.3, -0.25) is 9.80 Å². The summed E-state index contributed by atoms with van der Waals surface area (Å²) in [5.74, 6) is 10.7. The summed E-state index contributed by atoms with van der Waals surface area (Å²) < 4.78 is 0. The smallest absolute Gasteiger partial charge is 0.0135 e. The lowest BCUT2D eigenvalue weighted by Crippen LogP contribution is -2.66. The van der Waals surface area contributed by atoms with Gasteiger partial charge in [-0.25, -0.2) is 0 Å². The number of rotatable bonds is 6. The monoisotopic (exact) mass is 685 g/mol. The van der Waals surface area contributed by atoms with E-state index in [4.69, 9.17) is 0 Å². The molecule has 282 valence electrons. The summed E-state index contributed by atoms with van der Waals surface area (Å²) in [6, 6.07) is 5.64. The lowest BCUT2D eigenvalue weighted by molar-refractivity contribution is -0.165. The van der Waals surface area contributed by atoms with E-state index in [2.05, 4.69) is 9.80 Å². The van der Waals surface area contributed by atoms with E-state index in [1.807, 2.05) is 0 Å². The summed E-state index contributed by atoms with van der Waals surface area (Å²) in [5, 5.41) is 0. The molecule has 10 fully saturated rings. The van der Waals surface area contributed by atoms with Gasteiger partial charge >= 0.3 is 0 Å². The third-order valence-corrected chi connectivity index (χ3v) is 19.4. The fraction of sp³-hybridized carbons (Fsp3) is 1.00. The molecule has 14 unspecified atom stereocenters. The molecule has 0 spiro atoms. The quantitative estimate of drug-likeness (QED) is 0.275. The molecule has 10 saturated carbocycles. The van der Waals surface area contributed by atoms with Gasteiger partial charge in [-0.15, -0.1) is 0 Å². The van der Waals surface area contributed by atoms with E-state index in [0.717, 1.165) is 95.4 Å². The molecular weight excluding hydrogens is 605 g/mol. The van der Waals surface area contributed by atoms with E-state index in [1.165, 1.54) is 51.4 Å². The maximum atomic E-state index is 3.46.